The van der Waals surface area contributed by atoms with Gasteiger partial charge in [-0.3, -0.25) is 4.98 Å². The van der Waals surface area contributed by atoms with Crippen molar-refractivity contribution in [1.82, 2.24) is 10.3 Å². The van der Waals surface area contributed by atoms with Crippen molar-refractivity contribution in [3.8, 4) is 0 Å². The minimum Gasteiger partial charge on any atom is -0.316 e. The van der Waals surface area contributed by atoms with Gasteiger partial charge in [0, 0.05) is 12.1 Å². The molecule has 2 rings (SSSR count). The van der Waals surface area contributed by atoms with E-state index in [1.165, 1.54) is 6.07 Å². The summed E-state index contributed by atoms with van der Waals surface area (Å²) < 4.78 is 26.8. The van der Waals surface area contributed by atoms with E-state index in [4.69, 9.17) is 0 Å². The Bertz CT molecular complexity index is 323. The average molecular weight is 249 g/mol. The van der Waals surface area contributed by atoms with E-state index < -0.39 is 5.67 Å². The van der Waals surface area contributed by atoms with Crippen molar-refractivity contribution in [3.63, 3.8) is 0 Å². The van der Waals surface area contributed by atoms with Crippen LogP contribution in [0.4, 0.5) is 8.78 Å². The van der Waals surface area contributed by atoms with E-state index >= 15 is 0 Å². The molecule has 1 aromatic rings. The van der Waals surface area contributed by atoms with E-state index in [1.807, 2.05) is 0 Å². The van der Waals surface area contributed by atoms with Gasteiger partial charge in [-0.05, 0) is 38.1 Å². The molecule has 0 aromatic carbocycles. The standard InChI is InChI=1S/C11H14F2N2.ClH/c12-9-1-2-10(15-8-9)7-11(13)3-5-14-6-4-11;/h1-2,8,14H,3-7H2;1H. The molecule has 0 bridgehead atoms. The minimum absolute atomic E-state index is 0. The predicted octanol–water partition coefficient (Wildman–Crippen LogP) is 2.28. The SMILES string of the molecule is Cl.Fc1ccc(CC2(F)CCNCC2)nc1. The normalized spacial score (nSPS) is 18.9. The molecule has 1 fully saturated rings. The Labute approximate surface area is 99.9 Å². The van der Waals surface area contributed by atoms with E-state index in [-0.39, 0.29) is 24.6 Å². The number of alkyl halides is 1. The first-order chi connectivity index (χ1) is 7.18. The number of hydrogen-bond acceptors (Lipinski definition) is 2. The fourth-order valence-corrected chi connectivity index (χ4v) is 1.89. The van der Waals surface area contributed by atoms with Crippen molar-refractivity contribution in [1.29, 1.82) is 0 Å². The summed E-state index contributed by atoms with van der Waals surface area (Å²) >= 11 is 0. The van der Waals surface area contributed by atoms with Gasteiger partial charge >= 0.3 is 0 Å². The van der Waals surface area contributed by atoms with E-state index in [9.17, 15) is 8.78 Å². The minimum atomic E-state index is -1.17. The Morgan fingerprint density at radius 2 is 2.00 bits per heavy atom. The van der Waals surface area contributed by atoms with E-state index in [0.717, 1.165) is 6.20 Å². The summed E-state index contributed by atoms with van der Waals surface area (Å²) in [7, 11) is 0. The maximum atomic E-state index is 14.2. The van der Waals surface area contributed by atoms with Crippen molar-refractivity contribution in [3.05, 3.63) is 29.8 Å². The summed E-state index contributed by atoms with van der Waals surface area (Å²) in [4.78, 5) is 3.88. The van der Waals surface area contributed by atoms with Crippen LogP contribution in [0.5, 0.6) is 0 Å². The summed E-state index contributed by atoms with van der Waals surface area (Å²) in [5.41, 5.74) is -0.545. The van der Waals surface area contributed by atoms with Gasteiger partial charge in [-0.1, -0.05) is 0 Å². The molecule has 5 heteroatoms. The number of rotatable bonds is 2. The molecular weight excluding hydrogens is 234 g/mol. The van der Waals surface area contributed by atoms with Crippen LogP contribution in [-0.4, -0.2) is 23.7 Å². The fraction of sp³-hybridized carbons (Fsp3) is 0.545. The largest absolute Gasteiger partial charge is 0.316 e. The van der Waals surface area contributed by atoms with Gasteiger partial charge in [0.15, 0.2) is 0 Å². The second kappa shape index (κ2) is 5.55. The predicted molar refractivity (Wildman–Crippen MR) is 61.1 cm³/mol. The third kappa shape index (κ3) is 3.39. The van der Waals surface area contributed by atoms with Gasteiger partial charge in [0.1, 0.15) is 11.5 Å². The van der Waals surface area contributed by atoms with Crippen LogP contribution in [-0.2, 0) is 6.42 Å². The molecule has 0 saturated carbocycles. The van der Waals surface area contributed by atoms with Crippen LogP contribution in [0.3, 0.4) is 0 Å². The molecule has 0 spiro atoms. The van der Waals surface area contributed by atoms with Crippen LogP contribution in [0.25, 0.3) is 0 Å². The summed E-state index contributed by atoms with van der Waals surface area (Å²) in [6.45, 7) is 1.41. The first-order valence-electron chi connectivity index (χ1n) is 5.18. The molecule has 2 heterocycles. The molecule has 0 aliphatic carbocycles. The molecule has 90 valence electrons. The maximum absolute atomic E-state index is 14.2. The Morgan fingerprint density at radius 1 is 1.31 bits per heavy atom. The van der Waals surface area contributed by atoms with Crippen molar-refractivity contribution in [2.24, 2.45) is 0 Å². The highest BCUT2D eigenvalue weighted by Gasteiger charge is 2.32. The van der Waals surface area contributed by atoms with Crippen LogP contribution in [0, 0.1) is 5.82 Å². The topological polar surface area (TPSA) is 24.9 Å². The molecule has 1 N–H and O–H groups in total. The highest BCUT2D eigenvalue weighted by molar-refractivity contribution is 5.85. The first kappa shape index (κ1) is 13.3. The second-order valence-electron chi connectivity index (χ2n) is 4.05. The molecule has 0 atom stereocenters. The Balaban J connectivity index is 0.00000128. The summed E-state index contributed by atoms with van der Waals surface area (Å²) in [6, 6.07) is 2.88. The highest BCUT2D eigenvalue weighted by atomic mass is 35.5. The van der Waals surface area contributed by atoms with E-state index in [1.54, 1.807) is 6.07 Å². The monoisotopic (exact) mass is 248 g/mol. The van der Waals surface area contributed by atoms with Crippen molar-refractivity contribution in [2.75, 3.05) is 13.1 Å². The van der Waals surface area contributed by atoms with Crippen molar-refractivity contribution in [2.45, 2.75) is 24.9 Å². The van der Waals surface area contributed by atoms with Gasteiger partial charge in [0.2, 0.25) is 0 Å². The maximum Gasteiger partial charge on any atom is 0.141 e. The number of hydrogen-bond donors (Lipinski definition) is 1. The summed E-state index contributed by atoms with van der Waals surface area (Å²) in [5.74, 6) is -0.378. The molecule has 0 radical (unpaired) electrons. The third-order valence-corrected chi connectivity index (χ3v) is 2.79. The third-order valence-electron chi connectivity index (χ3n) is 2.79. The molecule has 1 saturated heterocycles. The number of nitrogens with zero attached hydrogens (tertiary/aromatic N) is 1. The van der Waals surface area contributed by atoms with Gasteiger partial charge < -0.3 is 5.32 Å². The molecule has 2 nitrogen and oxygen atoms in total. The van der Waals surface area contributed by atoms with Crippen LogP contribution in [0.2, 0.25) is 0 Å². The van der Waals surface area contributed by atoms with Gasteiger partial charge in [-0.15, -0.1) is 12.4 Å². The van der Waals surface area contributed by atoms with Gasteiger partial charge in [-0.2, -0.15) is 0 Å². The van der Waals surface area contributed by atoms with Crippen LogP contribution in [0.1, 0.15) is 18.5 Å². The quantitative estimate of drug-likeness (QED) is 0.869. The lowest BCUT2D eigenvalue weighted by molar-refractivity contribution is 0.115. The van der Waals surface area contributed by atoms with Crippen molar-refractivity contribution >= 4 is 12.4 Å². The zero-order valence-corrected chi connectivity index (χ0v) is 9.70. The lowest BCUT2D eigenvalue weighted by atomic mass is 9.89. The Morgan fingerprint density at radius 3 is 2.56 bits per heavy atom. The number of nitrogens with one attached hydrogen (secondary N) is 1. The average Bonchev–Trinajstić information content (AvgIpc) is 2.22. The number of piperidine rings is 1. The van der Waals surface area contributed by atoms with Crippen LogP contribution < -0.4 is 5.32 Å². The lowest BCUT2D eigenvalue weighted by Crippen LogP contribution is -2.40. The Hall–Kier alpha value is -0.740. The molecular formula is C11H15ClF2N2. The second-order valence-corrected chi connectivity index (χ2v) is 4.05. The number of pyridine rings is 1. The molecule has 1 aliphatic heterocycles. The zero-order chi connectivity index (χ0) is 10.7. The Kier molecular flexibility index (Phi) is 4.62. The first-order valence-corrected chi connectivity index (χ1v) is 5.18. The van der Waals surface area contributed by atoms with Gasteiger partial charge in [0.25, 0.3) is 0 Å². The number of halogens is 3. The van der Waals surface area contributed by atoms with Gasteiger partial charge in [0.05, 0.1) is 6.20 Å². The van der Waals surface area contributed by atoms with E-state index in [2.05, 4.69) is 10.3 Å². The molecule has 1 aromatic heterocycles. The highest BCUT2D eigenvalue weighted by Crippen LogP contribution is 2.26. The molecule has 0 amide bonds. The summed E-state index contributed by atoms with van der Waals surface area (Å²) in [6.07, 6.45) is 2.44. The molecule has 1 aliphatic rings. The zero-order valence-electron chi connectivity index (χ0n) is 8.88. The molecule has 0 unspecified atom stereocenters. The van der Waals surface area contributed by atoms with Crippen LogP contribution in [0.15, 0.2) is 18.3 Å². The molecule has 16 heavy (non-hydrogen) atoms. The summed E-state index contributed by atoms with van der Waals surface area (Å²) in [5, 5.41) is 3.11. The van der Waals surface area contributed by atoms with Crippen molar-refractivity contribution < 1.29 is 8.78 Å². The van der Waals surface area contributed by atoms with Gasteiger partial charge in [-0.25, -0.2) is 8.78 Å². The smallest absolute Gasteiger partial charge is 0.141 e. The lowest BCUT2D eigenvalue weighted by Gasteiger charge is -2.29. The fourth-order valence-electron chi connectivity index (χ4n) is 1.89. The van der Waals surface area contributed by atoms with Crippen LogP contribution >= 0.6 is 12.4 Å². The van der Waals surface area contributed by atoms with E-state index in [0.29, 0.717) is 31.6 Å². The number of aromatic nitrogens is 1.